The largest absolute Gasteiger partial charge is 0.507 e. The minimum Gasteiger partial charge on any atom is -0.507 e. The van der Waals surface area contributed by atoms with Crippen molar-refractivity contribution in [3.05, 3.63) is 75.8 Å². The number of phenols is 1. The van der Waals surface area contributed by atoms with Gasteiger partial charge in [0.1, 0.15) is 11.3 Å². The molecule has 5 heteroatoms. The predicted molar refractivity (Wildman–Crippen MR) is 103 cm³/mol. The van der Waals surface area contributed by atoms with Crippen molar-refractivity contribution >= 4 is 11.0 Å². The van der Waals surface area contributed by atoms with Gasteiger partial charge in [0, 0.05) is 28.3 Å². The van der Waals surface area contributed by atoms with Gasteiger partial charge in [-0.2, -0.15) is 5.10 Å². The van der Waals surface area contributed by atoms with Crippen molar-refractivity contribution in [2.75, 3.05) is 0 Å². The molecule has 0 spiro atoms. The molecule has 5 rings (SSSR count). The molecule has 0 atom stereocenters. The summed E-state index contributed by atoms with van der Waals surface area (Å²) >= 11 is 0. The molecule has 0 unspecified atom stereocenters. The summed E-state index contributed by atoms with van der Waals surface area (Å²) in [7, 11) is 0. The van der Waals surface area contributed by atoms with Crippen LogP contribution in [0.3, 0.4) is 0 Å². The predicted octanol–water partition coefficient (Wildman–Crippen LogP) is 4.15. The summed E-state index contributed by atoms with van der Waals surface area (Å²) in [6.45, 7) is 1.78. The van der Waals surface area contributed by atoms with Crippen molar-refractivity contribution in [3.63, 3.8) is 0 Å². The lowest BCUT2D eigenvalue weighted by Crippen LogP contribution is -2.07. The van der Waals surface area contributed by atoms with Gasteiger partial charge in [0.15, 0.2) is 0 Å². The van der Waals surface area contributed by atoms with Gasteiger partial charge in [0.05, 0.1) is 11.4 Å². The fraction of sp³-hybridized carbons (Fsp3) is 0.182. The second-order valence-electron chi connectivity index (χ2n) is 6.96. The van der Waals surface area contributed by atoms with Crippen LogP contribution in [0, 0.1) is 6.92 Å². The van der Waals surface area contributed by atoms with Gasteiger partial charge < -0.3 is 9.52 Å². The van der Waals surface area contributed by atoms with E-state index in [4.69, 9.17) is 4.42 Å². The number of hydrogen-bond donors (Lipinski definition) is 1. The number of nitrogens with zero attached hydrogens (tertiary/aromatic N) is 2. The van der Waals surface area contributed by atoms with Gasteiger partial charge in [-0.15, -0.1) is 0 Å². The Morgan fingerprint density at radius 2 is 1.89 bits per heavy atom. The zero-order chi connectivity index (χ0) is 18.5. The van der Waals surface area contributed by atoms with Crippen molar-refractivity contribution in [1.29, 1.82) is 0 Å². The van der Waals surface area contributed by atoms with Crippen LogP contribution in [-0.2, 0) is 12.8 Å². The van der Waals surface area contributed by atoms with Crippen LogP contribution in [0.2, 0.25) is 0 Å². The standard InChI is InChI=1S/C22H18N2O3/c1-13-20(25)18(19-10-11-24(23-19)14-6-3-2-4-7-14)12-17-15-8-5-9-16(15)22(26)27-21(13)17/h2-4,6-7,10-12,25H,5,8-9H2,1H3. The molecule has 1 N–H and O–H groups in total. The molecule has 1 aliphatic rings. The Labute approximate surface area is 155 Å². The summed E-state index contributed by atoms with van der Waals surface area (Å²) in [5, 5.41) is 16.3. The van der Waals surface area contributed by atoms with Crippen LogP contribution in [0.25, 0.3) is 27.9 Å². The third kappa shape index (κ3) is 2.39. The number of aromatic nitrogens is 2. The number of rotatable bonds is 2. The van der Waals surface area contributed by atoms with Gasteiger partial charge in [-0.25, -0.2) is 9.48 Å². The highest BCUT2D eigenvalue weighted by molar-refractivity contribution is 5.92. The first-order valence-electron chi connectivity index (χ1n) is 9.06. The fourth-order valence-corrected chi connectivity index (χ4v) is 3.95. The number of fused-ring (bicyclic) bond motifs is 3. The monoisotopic (exact) mass is 358 g/mol. The van der Waals surface area contributed by atoms with Gasteiger partial charge in [-0.05, 0) is 56.0 Å². The van der Waals surface area contributed by atoms with E-state index in [1.54, 1.807) is 11.6 Å². The maximum absolute atomic E-state index is 12.2. The molecule has 0 radical (unpaired) electrons. The topological polar surface area (TPSA) is 68.3 Å². The van der Waals surface area contributed by atoms with Crippen LogP contribution in [-0.4, -0.2) is 14.9 Å². The quantitative estimate of drug-likeness (QED) is 0.547. The smallest absolute Gasteiger partial charge is 0.339 e. The lowest BCUT2D eigenvalue weighted by atomic mass is 9.98. The van der Waals surface area contributed by atoms with Gasteiger partial charge in [0.25, 0.3) is 0 Å². The molecule has 0 amide bonds. The molecule has 1 aliphatic carbocycles. The Morgan fingerprint density at radius 1 is 1.11 bits per heavy atom. The highest BCUT2D eigenvalue weighted by atomic mass is 16.4. The molecule has 2 aromatic carbocycles. The molecule has 5 nitrogen and oxygen atoms in total. The van der Waals surface area contributed by atoms with E-state index in [0.29, 0.717) is 22.4 Å². The highest BCUT2D eigenvalue weighted by Gasteiger charge is 2.23. The van der Waals surface area contributed by atoms with E-state index in [9.17, 15) is 9.90 Å². The normalized spacial score (nSPS) is 13.2. The minimum atomic E-state index is -0.279. The Morgan fingerprint density at radius 3 is 2.70 bits per heavy atom. The Hall–Kier alpha value is -3.34. The maximum Gasteiger partial charge on any atom is 0.339 e. The number of aromatic hydroxyl groups is 1. The lowest BCUT2D eigenvalue weighted by Gasteiger charge is -2.11. The van der Waals surface area contributed by atoms with E-state index in [1.165, 1.54) is 0 Å². The molecule has 0 fully saturated rings. The van der Waals surface area contributed by atoms with E-state index < -0.39 is 0 Å². The maximum atomic E-state index is 12.2. The summed E-state index contributed by atoms with van der Waals surface area (Å²) in [6.07, 6.45) is 4.45. The van der Waals surface area contributed by atoms with Crippen LogP contribution in [0.4, 0.5) is 0 Å². The van der Waals surface area contributed by atoms with Crippen molar-refractivity contribution in [3.8, 4) is 22.7 Å². The second-order valence-corrected chi connectivity index (χ2v) is 6.96. The van der Waals surface area contributed by atoms with Gasteiger partial charge in [-0.1, -0.05) is 18.2 Å². The second kappa shape index (κ2) is 5.84. The molecule has 2 aromatic heterocycles. The number of hydrogen-bond acceptors (Lipinski definition) is 4. The van der Waals surface area contributed by atoms with Crippen LogP contribution in [0.1, 0.15) is 23.1 Å². The molecular weight excluding hydrogens is 340 g/mol. The van der Waals surface area contributed by atoms with E-state index in [0.717, 1.165) is 41.5 Å². The van der Waals surface area contributed by atoms with Gasteiger partial charge in [-0.3, -0.25) is 0 Å². The first-order chi connectivity index (χ1) is 13.1. The zero-order valence-corrected chi connectivity index (χ0v) is 14.9. The van der Waals surface area contributed by atoms with Crippen molar-refractivity contribution < 1.29 is 9.52 Å². The third-order valence-electron chi connectivity index (χ3n) is 5.35. The molecule has 0 saturated carbocycles. The molecule has 134 valence electrons. The van der Waals surface area contributed by atoms with Crippen LogP contribution in [0.15, 0.2) is 57.9 Å². The van der Waals surface area contributed by atoms with E-state index in [2.05, 4.69) is 5.10 Å². The van der Waals surface area contributed by atoms with Crippen LogP contribution < -0.4 is 5.63 Å². The molecule has 0 saturated heterocycles. The van der Waals surface area contributed by atoms with E-state index >= 15 is 0 Å². The van der Waals surface area contributed by atoms with Crippen molar-refractivity contribution in [1.82, 2.24) is 9.78 Å². The van der Waals surface area contributed by atoms with Gasteiger partial charge >= 0.3 is 5.63 Å². The third-order valence-corrected chi connectivity index (χ3v) is 5.35. The van der Waals surface area contributed by atoms with E-state index in [1.807, 2.05) is 48.7 Å². The zero-order valence-electron chi connectivity index (χ0n) is 14.9. The average molecular weight is 358 g/mol. The first-order valence-corrected chi connectivity index (χ1v) is 9.06. The summed E-state index contributed by atoms with van der Waals surface area (Å²) in [5.74, 6) is 0.0990. The van der Waals surface area contributed by atoms with Gasteiger partial charge in [0.2, 0.25) is 0 Å². The van der Waals surface area contributed by atoms with Crippen LogP contribution in [0.5, 0.6) is 5.75 Å². The molecular formula is C22H18N2O3. The molecule has 0 aliphatic heterocycles. The Kier molecular flexibility index (Phi) is 3.44. The summed E-state index contributed by atoms with van der Waals surface area (Å²) < 4.78 is 7.32. The molecule has 2 heterocycles. The average Bonchev–Trinajstić information content (AvgIpc) is 3.36. The molecule has 27 heavy (non-hydrogen) atoms. The van der Waals surface area contributed by atoms with Crippen LogP contribution >= 0.6 is 0 Å². The molecule has 4 aromatic rings. The number of benzene rings is 2. The Balaban J connectivity index is 1.73. The summed E-state index contributed by atoms with van der Waals surface area (Å²) in [6, 6.07) is 13.6. The van der Waals surface area contributed by atoms with Crippen molar-refractivity contribution in [2.24, 2.45) is 0 Å². The van der Waals surface area contributed by atoms with Crippen molar-refractivity contribution in [2.45, 2.75) is 26.2 Å². The first kappa shape index (κ1) is 15.9. The van der Waals surface area contributed by atoms with E-state index in [-0.39, 0.29) is 11.4 Å². The highest BCUT2D eigenvalue weighted by Crippen LogP contribution is 2.39. The number of phenolic OH excluding ortho intramolecular Hbond substituents is 1. The molecule has 0 bridgehead atoms. The number of para-hydroxylation sites is 1. The Bertz CT molecular complexity index is 1240. The SMILES string of the molecule is Cc1c(O)c(-c2ccn(-c3ccccc3)n2)cc2c3c(c(=O)oc12)CCC3. The fourth-order valence-electron chi connectivity index (χ4n) is 3.95. The minimum absolute atomic E-state index is 0.0990. The lowest BCUT2D eigenvalue weighted by molar-refractivity contribution is 0.469. The summed E-state index contributed by atoms with van der Waals surface area (Å²) in [4.78, 5) is 12.2. The summed E-state index contributed by atoms with van der Waals surface area (Å²) in [5.41, 5.74) is 4.87. The number of aryl methyl sites for hydroxylation is 2.